The minimum absolute atomic E-state index is 0.00967. The van der Waals surface area contributed by atoms with Crippen LogP contribution in [0.5, 0.6) is 5.75 Å². The third-order valence-electron chi connectivity index (χ3n) is 5.68. The number of hydrogen-bond donors (Lipinski definition) is 3. The van der Waals surface area contributed by atoms with Crippen LogP contribution in [0.4, 0.5) is 20.2 Å². The first-order valence-electron chi connectivity index (χ1n) is 12.0. The van der Waals surface area contributed by atoms with Crippen LogP contribution in [-0.2, 0) is 29.3 Å². The second kappa shape index (κ2) is 11.4. The normalized spacial score (nSPS) is 11.8. The van der Waals surface area contributed by atoms with E-state index >= 15 is 0 Å². The van der Waals surface area contributed by atoms with Crippen molar-refractivity contribution in [2.24, 2.45) is 7.05 Å². The van der Waals surface area contributed by atoms with Gasteiger partial charge in [-0.25, -0.2) is 22.2 Å². The molecule has 0 spiro atoms. The molecule has 0 unspecified atom stereocenters. The van der Waals surface area contributed by atoms with Crippen LogP contribution in [0.2, 0.25) is 5.02 Å². The van der Waals surface area contributed by atoms with Gasteiger partial charge in [0.25, 0.3) is 5.91 Å². The summed E-state index contributed by atoms with van der Waals surface area (Å²) in [6.07, 6.45) is 4.47. The van der Waals surface area contributed by atoms with Crippen LogP contribution in [-0.4, -0.2) is 40.2 Å². The lowest BCUT2D eigenvalue weighted by Crippen LogP contribution is -2.21. The number of amides is 1. The maximum absolute atomic E-state index is 14.2. The Labute approximate surface area is 240 Å². The molecule has 3 N–H and O–H groups in total. The van der Waals surface area contributed by atoms with E-state index in [2.05, 4.69) is 20.0 Å². The number of anilines is 2. The van der Waals surface area contributed by atoms with Crippen molar-refractivity contribution in [3.05, 3.63) is 88.5 Å². The van der Waals surface area contributed by atoms with Gasteiger partial charge in [0.15, 0.2) is 5.75 Å². The molecule has 4 aromatic rings. The number of rotatable bonds is 9. The number of aromatic nitrogens is 3. The number of nitrogens with zero attached hydrogens (tertiary/aromatic N) is 3. The van der Waals surface area contributed by atoms with Crippen molar-refractivity contribution in [2.75, 3.05) is 16.3 Å². The lowest BCUT2D eigenvalue weighted by molar-refractivity contribution is 0.0712. The zero-order valence-corrected chi connectivity index (χ0v) is 23.9. The van der Waals surface area contributed by atoms with Crippen molar-refractivity contribution in [1.82, 2.24) is 14.5 Å². The molecule has 0 saturated heterocycles. The predicted molar refractivity (Wildman–Crippen MR) is 150 cm³/mol. The van der Waals surface area contributed by atoms with E-state index in [0.29, 0.717) is 5.69 Å². The number of nitrogens with one attached hydrogen (secondary N) is 2. The Balaban J connectivity index is 1.61. The highest BCUT2D eigenvalue weighted by Gasteiger charge is 2.24. The van der Waals surface area contributed by atoms with E-state index in [1.165, 1.54) is 50.4 Å². The van der Waals surface area contributed by atoms with Crippen molar-refractivity contribution in [3.63, 3.8) is 0 Å². The smallest absolute Gasteiger partial charge is 0.257 e. The van der Waals surface area contributed by atoms with Crippen LogP contribution in [0, 0.1) is 11.6 Å². The molecule has 0 aliphatic carbocycles. The maximum atomic E-state index is 14.2. The Bertz CT molecular complexity index is 1740. The summed E-state index contributed by atoms with van der Waals surface area (Å²) in [6, 6.07) is 8.04. The molecule has 216 valence electrons. The number of carbonyl (C=O) groups excluding carboxylic acids is 1. The monoisotopic (exact) mass is 605 g/mol. The van der Waals surface area contributed by atoms with Gasteiger partial charge in [-0.15, -0.1) is 0 Å². The summed E-state index contributed by atoms with van der Waals surface area (Å²) in [5, 5.41) is 13.3. The average molecular weight is 606 g/mol. The predicted octanol–water partition coefficient (Wildman–Crippen LogP) is 4.84. The molecule has 3 heterocycles. The topological polar surface area (TPSA) is 135 Å². The molecule has 0 aliphatic heterocycles. The minimum atomic E-state index is -3.57. The van der Waals surface area contributed by atoms with Gasteiger partial charge in [0.2, 0.25) is 10.0 Å². The van der Waals surface area contributed by atoms with Crippen LogP contribution in [0.1, 0.15) is 35.5 Å². The molecule has 1 amide bonds. The molecule has 3 aromatic heterocycles. The zero-order chi connectivity index (χ0) is 30.1. The SMILES string of the molecule is Cn1cc(C(=O)Nc2cc(Cl)cc(NS(C)(=O)=O)c2)cc1-c1ncc(F)cc1OCc1cc(F)cnc1C(C)(C)O. The number of halogens is 3. The van der Waals surface area contributed by atoms with Gasteiger partial charge in [0.05, 0.1) is 41.3 Å². The van der Waals surface area contributed by atoms with Crippen molar-refractivity contribution < 1.29 is 31.8 Å². The Morgan fingerprint density at radius 2 is 1.73 bits per heavy atom. The second-order valence-corrected chi connectivity index (χ2v) is 12.0. The van der Waals surface area contributed by atoms with Gasteiger partial charge < -0.3 is 19.7 Å². The molecule has 0 atom stereocenters. The van der Waals surface area contributed by atoms with Gasteiger partial charge >= 0.3 is 0 Å². The molecular weight excluding hydrogens is 580 g/mol. The average Bonchev–Trinajstić information content (AvgIpc) is 3.22. The van der Waals surface area contributed by atoms with Gasteiger partial charge in [-0.1, -0.05) is 11.6 Å². The summed E-state index contributed by atoms with van der Waals surface area (Å²) in [6.45, 7) is 2.74. The largest absolute Gasteiger partial charge is 0.486 e. The van der Waals surface area contributed by atoms with Crippen LogP contribution < -0.4 is 14.8 Å². The number of sulfonamides is 1. The van der Waals surface area contributed by atoms with E-state index in [0.717, 1.165) is 24.7 Å². The molecule has 0 aliphatic rings. The molecule has 4 rings (SSSR count). The zero-order valence-electron chi connectivity index (χ0n) is 22.4. The van der Waals surface area contributed by atoms with Crippen LogP contribution >= 0.6 is 11.6 Å². The number of hydrogen-bond acceptors (Lipinski definition) is 7. The van der Waals surface area contributed by atoms with Crippen molar-refractivity contribution in [1.29, 1.82) is 0 Å². The lowest BCUT2D eigenvalue weighted by Gasteiger charge is -2.21. The first kappa shape index (κ1) is 29.9. The first-order chi connectivity index (χ1) is 19.1. The fourth-order valence-electron chi connectivity index (χ4n) is 4.08. The molecule has 41 heavy (non-hydrogen) atoms. The van der Waals surface area contributed by atoms with Crippen molar-refractivity contribution in [3.8, 4) is 17.1 Å². The maximum Gasteiger partial charge on any atom is 0.257 e. The van der Waals surface area contributed by atoms with Gasteiger partial charge in [-0.3, -0.25) is 14.5 Å². The van der Waals surface area contributed by atoms with Crippen molar-refractivity contribution in [2.45, 2.75) is 26.1 Å². The molecule has 0 radical (unpaired) electrons. The molecule has 0 bridgehead atoms. The summed E-state index contributed by atoms with van der Waals surface area (Å²) in [5.74, 6) is -1.85. The first-order valence-corrected chi connectivity index (χ1v) is 14.3. The molecule has 0 fully saturated rings. The summed E-state index contributed by atoms with van der Waals surface area (Å²) < 4.78 is 61.0. The number of benzene rings is 1. The van der Waals surface area contributed by atoms with Gasteiger partial charge in [-0.05, 0) is 44.2 Å². The van der Waals surface area contributed by atoms with Crippen LogP contribution in [0.25, 0.3) is 11.4 Å². The van der Waals surface area contributed by atoms with Gasteiger partial charge in [0.1, 0.15) is 29.5 Å². The third kappa shape index (κ3) is 7.57. The van der Waals surface area contributed by atoms with E-state index < -0.39 is 33.2 Å². The molecule has 10 nitrogen and oxygen atoms in total. The standard InChI is InChI=1S/C27H26ClF2N5O5S/c1-27(2,37)25-16(5-18(29)12-32-25)14-40-23-9-19(30)11-31-24(23)22-6-15(13-35(22)3)26(36)33-20-7-17(28)8-21(10-20)34-41(4,38)39/h5-13,34,37H,14H2,1-4H3,(H,33,36). The van der Waals surface area contributed by atoms with E-state index in [4.69, 9.17) is 16.3 Å². The molecule has 0 saturated carbocycles. The summed E-state index contributed by atoms with van der Waals surface area (Å²) in [5.41, 5.74) is 0.276. The van der Waals surface area contributed by atoms with E-state index in [9.17, 15) is 27.1 Å². The van der Waals surface area contributed by atoms with Gasteiger partial charge in [0, 0.05) is 35.6 Å². The quantitative estimate of drug-likeness (QED) is 0.248. The lowest BCUT2D eigenvalue weighted by atomic mass is 10.00. The summed E-state index contributed by atoms with van der Waals surface area (Å²) >= 11 is 6.08. The minimum Gasteiger partial charge on any atom is -0.486 e. The number of aryl methyl sites for hydroxylation is 1. The highest BCUT2D eigenvalue weighted by Crippen LogP contribution is 2.32. The van der Waals surface area contributed by atoms with E-state index in [1.807, 2.05) is 0 Å². The van der Waals surface area contributed by atoms with Gasteiger partial charge in [-0.2, -0.15) is 0 Å². The highest BCUT2D eigenvalue weighted by atomic mass is 35.5. The number of aliphatic hydroxyl groups is 1. The molecular formula is C27H26ClF2N5O5S. The van der Waals surface area contributed by atoms with E-state index in [1.54, 1.807) is 11.6 Å². The molecule has 14 heteroatoms. The Hall–Kier alpha value is -4.07. The highest BCUT2D eigenvalue weighted by molar-refractivity contribution is 7.92. The fraction of sp³-hybridized carbons (Fsp3) is 0.222. The summed E-state index contributed by atoms with van der Waals surface area (Å²) in [4.78, 5) is 21.2. The Morgan fingerprint density at radius 3 is 2.41 bits per heavy atom. The number of carbonyl (C=O) groups is 1. The number of ether oxygens (including phenoxy) is 1. The van der Waals surface area contributed by atoms with Crippen LogP contribution in [0.3, 0.4) is 0 Å². The molecule has 1 aromatic carbocycles. The summed E-state index contributed by atoms with van der Waals surface area (Å²) in [7, 11) is -1.92. The Morgan fingerprint density at radius 1 is 1.07 bits per heavy atom. The second-order valence-electron chi connectivity index (χ2n) is 9.79. The van der Waals surface area contributed by atoms with E-state index in [-0.39, 0.29) is 51.3 Å². The fourth-order valence-corrected chi connectivity index (χ4v) is 4.86. The third-order valence-corrected chi connectivity index (χ3v) is 6.51. The van der Waals surface area contributed by atoms with Crippen molar-refractivity contribution >= 4 is 38.9 Å². The number of pyridine rings is 2. The van der Waals surface area contributed by atoms with Crippen LogP contribution in [0.15, 0.2) is 55.0 Å². The Kier molecular flexibility index (Phi) is 8.34.